The molecule has 0 atom stereocenters. The Morgan fingerprint density at radius 3 is 2.58 bits per heavy atom. The third kappa shape index (κ3) is 5.72. The summed E-state index contributed by atoms with van der Waals surface area (Å²) in [5, 5.41) is 4.17. The number of H-pyrrole nitrogens is 1. The number of aromatic amines is 1. The van der Waals surface area contributed by atoms with Crippen LogP contribution in [0.1, 0.15) is 52.0 Å². The molecule has 1 saturated heterocycles. The van der Waals surface area contributed by atoms with Crippen molar-refractivity contribution in [2.75, 3.05) is 36.6 Å². The minimum atomic E-state index is -0.373. The average molecular weight is 450 g/mol. The zero-order valence-corrected chi connectivity index (χ0v) is 20.1. The molecule has 1 aliphatic heterocycles. The number of amides is 2. The lowest BCUT2D eigenvalue weighted by Gasteiger charge is -2.35. The molecule has 2 N–H and O–H groups in total. The smallest absolute Gasteiger partial charge is 0.351 e. The molecule has 2 aromatic heterocycles. The number of para-hydroxylation sites is 1. The summed E-state index contributed by atoms with van der Waals surface area (Å²) in [6.45, 7) is 12.4. The number of nitrogens with one attached hydrogen (secondary N) is 2. The van der Waals surface area contributed by atoms with Gasteiger partial charge in [-0.15, -0.1) is 0 Å². The molecular weight excluding hydrogens is 414 g/mol. The molecular formula is C26H35N5O2. The van der Waals surface area contributed by atoms with Gasteiger partial charge in [-0.1, -0.05) is 39.0 Å². The number of nitrogens with zero attached hydrogens (tertiary/aromatic N) is 3. The third-order valence-electron chi connectivity index (χ3n) is 5.95. The summed E-state index contributed by atoms with van der Waals surface area (Å²) in [7, 11) is 0. The first kappa shape index (κ1) is 23.3. The van der Waals surface area contributed by atoms with E-state index in [1.165, 1.54) is 10.6 Å². The lowest BCUT2D eigenvalue weighted by atomic mass is 9.88. The van der Waals surface area contributed by atoms with E-state index in [2.05, 4.69) is 42.2 Å². The van der Waals surface area contributed by atoms with Gasteiger partial charge in [0.2, 0.25) is 0 Å². The molecule has 0 radical (unpaired) electrons. The van der Waals surface area contributed by atoms with Gasteiger partial charge in [0.1, 0.15) is 5.82 Å². The number of carbonyl (C=O) groups excluding carboxylic acids is 1. The predicted octanol–water partition coefficient (Wildman–Crippen LogP) is 5.78. The van der Waals surface area contributed by atoms with Crippen LogP contribution in [0, 0.1) is 5.41 Å². The number of carbonyl (C=O) groups is 1. The summed E-state index contributed by atoms with van der Waals surface area (Å²) < 4.78 is 0. The summed E-state index contributed by atoms with van der Waals surface area (Å²) in [6.07, 6.45) is 4.32. The molecule has 1 aromatic carbocycles. The molecule has 1 fully saturated rings. The second-order valence-corrected chi connectivity index (χ2v) is 9.93. The van der Waals surface area contributed by atoms with E-state index in [1.807, 2.05) is 49.4 Å². The lowest BCUT2D eigenvalue weighted by Crippen LogP contribution is -2.38. The van der Waals surface area contributed by atoms with E-state index in [0.29, 0.717) is 29.4 Å². The van der Waals surface area contributed by atoms with Crippen LogP contribution in [0.25, 0.3) is 11.0 Å². The molecule has 0 spiro atoms. The molecule has 33 heavy (non-hydrogen) atoms. The number of anilines is 2. The summed E-state index contributed by atoms with van der Waals surface area (Å²) in [4.78, 5) is 29.3. The van der Waals surface area contributed by atoms with Crippen molar-refractivity contribution in [2.45, 2.75) is 46.5 Å². The monoisotopic (exact) mass is 449 g/mol. The highest BCUT2D eigenvalue weighted by atomic mass is 16.7. The minimum Gasteiger partial charge on any atom is -0.360 e. The van der Waals surface area contributed by atoms with E-state index in [1.54, 1.807) is 0 Å². The number of fused-ring (bicyclic) bond motifs is 1. The molecule has 3 heterocycles. The number of likely N-dealkylation sites (tertiary alicyclic amines) is 1. The van der Waals surface area contributed by atoms with Gasteiger partial charge in [0, 0.05) is 12.7 Å². The van der Waals surface area contributed by atoms with Crippen LogP contribution in [-0.2, 0) is 4.84 Å². The van der Waals surface area contributed by atoms with Crippen molar-refractivity contribution < 1.29 is 9.63 Å². The molecule has 3 aromatic rings. The zero-order chi connectivity index (χ0) is 23.4. The Labute approximate surface area is 196 Å². The number of aromatic nitrogens is 2. The number of benzene rings is 1. The van der Waals surface area contributed by atoms with E-state index in [4.69, 9.17) is 9.82 Å². The Kier molecular flexibility index (Phi) is 7.00. The van der Waals surface area contributed by atoms with Gasteiger partial charge in [-0.05, 0) is 74.0 Å². The van der Waals surface area contributed by atoms with Crippen LogP contribution in [0.3, 0.4) is 0 Å². The van der Waals surface area contributed by atoms with Gasteiger partial charge in [0.15, 0.2) is 0 Å². The Balaban J connectivity index is 1.48. The van der Waals surface area contributed by atoms with Crippen molar-refractivity contribution in [3.8, 4) is 0 Å². The van der Waals surface area contributed by atoms with Crippen LogP contribution in [0.4, 0.5) is 16.3 Å². The topological polar surface area (TPSA) is 73.5 Å². The quantitative estimate of drug-likeness (QED) is 0.468. The first-order chi connectivity index (χ1) is 15.8. The first-order valence-electron chi connectivity index (χ1n) is 11.8. The van der Waals surface area contributed by atoms with Crippen LogP contribution in [0.15, 0.2) is 48.7 Å². The van der Waals surface area contributed by atoms with Gasteiger partial charge >= 0.3 is 6.03 Å². The van der Waals surface area contributed by atoms with Crippen LogP contribution in [-0.4, -0.2) is 47.1 Å². The van der Waals surface area contributed by atoms with Crippen LogP contribution in [0.5, 0.6) is 0 Å². The SMILES string of the molecule is CCON(C(=O)Nc1ccc2[nH]cc(C3CCN(CC(C)(C)C)CC3)c2n1)c1ccccc1. The predicted molar refractivity (Wildman–Crippen MR) is 134 cm³/mol. The van der Waals surface area contributed by atoms with Crippen molar-refractivity contribution >= 4 is 28.6 Å². The van der Waals surface area contributed by atoms with Crippen molar-refractivity contribution in [1.29, 1.82) is 0 Å². The van der Waals surface area contributed by atoms with Crippen molar-refractivity contribution in [1.82, 2.24) is 14.9 Å². The highest BCUT2D eigenvalue weighted by Gasteiger charge is 2.26. The molecule has 0 saturated carbocycles. The molecule has 0 aliphatic carbocycles. The second kappa shape index (κ2) is 9.93. The zero-order valence-electron chi connectivity index (χ0n) is 20.1. The minimum absolute atomic E-state index is 0.317. The second-order valence-electron chi connectivity index (χ2n) is 9.93. The summed E-state index contributed by atoms with van der Waals surface area (Å²) in [5.74, 6) is 0.983. The normalized spacial score (nSPS) is 15.6. The fraction of sp³-hybridized carbons (Fsp3) is 0.462. The van der Waals surface area contributed by atoms with Gasteiger partial charge in [-0.3, -0.25) is 10.2 Å². The van der Waals surface area contributed by atoms with Gasteiger partial charge in [-0.2, -0.15) is 5.06 Å². The van der Waals surface area contributed by atoms with Gasteiger partial charge in [0.25, 0.3) is 0 Å². The molecule has 4 rings (SSSR count). The number of hydrogen-bond acceptors (Lipinski definition) is 4. The number of piperidine rings is 1. The van der Waals surface area contributed by atoms with Gasteiger partial charge in [0.05, 0.1) is 23.3 Å². The van der Waals surface area contributed by atoms with E-state index >= 15 is 0 Å². The maximum atomic E-state index is 13.0. The van der Waals surface area contributed by atoms with Crippen molar-refractivity contribution in [3.05, 3.63) is 54.2 Å². The molecule has 7 heteroatoms. The van der Waals surface area contributed by atoms with Crippen molar-refractivity contribution in [3.63, 3.8) is 0 Å². The van der Waals surface area contributed by atoms with Gasteiger partial charge in [-0.25, -0.2) is 9.78 Å². The maximum Gasteiger partial charge on any atom is 0.351 e. The molecule has 0 unspecified atom stereocenters. The number of pyridine rings is 1. The molecule has 2 amide bonds. The van der Waals surface area contributed by atoms with E-state index in [0.717, 1.165) is 43.5 Å². The van der Waals surface area contributed by atoms with E-state index in [9.17, 15) is 4.79 Å². The number of hydrogen-bond donors (Lipinski definition) is 2. The van der Waals surface area contributed by atoms with Crippen molar-refractivity contribution in [2.24, 2.45) is 5.41 Å². The Morgan fingerprint density at radius 1 is 1.18 bits per heavy atom. The molecule has 176 valence electrons. The summed E-state index contributed by atoms with van der Waals surface area (Å²) in [6, 6.07) is 12.7. The fourth-order valence-electron chi connectivity index (χ4n) is 4.58. The molecule has 0 bridgehead atoms. The Morgan fingerprint density at radius 2 is 1.91 bits per heavy atom. The standard InChI is InChI=1S/C26H35N5O2/c1-5-33-31(20-9-7-6-8-10-20)25(32)29-23-12-11-22-24(28-23)21(17-27-22)19-13-15-30(16-14-19)18-26(2,3)4/h6-12,17,19,27H,5,13-16,18H2,1-4H3,(H,28,29,32). The largest absolute Gasteiger partial charge is 0.360 e. The number of rotatable bonds is 6. The third-order valence-corrected chi connectivity index (χ3v) is 5.95. The lowest BCUT2D eigenvalue weighted by molar-refractivity contribution is 0.132. The Hall–Kier alpha value is -2.90. The van der Waals surface area contributed by atoms with Crippen LogP contribution in [0.2, 0.25) is 0 Å². The van der Waals surface area contributed by atoms with E-state index in [-0.39, 0.29) is 6.03 Å². The summed E-state index contributed by atoms with van der Waals surface area (Å²) >= 11 is 0. The molecule has 7 nitrogen and oxygen atoms in total. The van der Waals surface area contributed by atoms with Crippen LogP contribution >= 0.6 is 0 Å². The van der Waals surface area contributed by atoms with E-state index < -0.39 is 0 Å². The average Bonchev–Trinajstić information content (AvgIpc) is 3.21. The first-order valence-corrected chi connectivity index (χ1v) is 11.8. The van der Waals surface area contributed by atoms with Crippen LogP contribution < -0.4 is 10.4 Å². The highest BCUT2D eigenvalue weighted by Crippen LogP contribution is 2.33. The summed E-state index contributed by atoms with van der Waals surface area (Å²) in [5.41, 5.74) is 4.15. The molecule has 1 aliphatic rings. The maximum absolute atomic E-state index is 13.0. The highest BCUT2D eigenvalue weighted by molar-refractivity contribution is 6.00. The number of hydroxylamine groups is 1. The Bertz CT molecular complexity index is 1070. The van der Waals surface area contributed by atoms with Gasteiger partial charge < -0.3 is 9.88 Å². The fourth-order valence-corrected chi connectivity index (χ4v) is 4.58. The number of urea groups is 1.